The number of cyclic esters (lactones) is 1. The fourth-order valence-electron chi connectivity index (χ4n) is 2.69. The summed E-state index contributed by atoms with van der Waals surface area (Å²) in [5.41, 5.74) is 1.35. The summed E-state index contributed by atoms with van der Waals surface area (Å²) in [5, 5.41) is 0. The van der Waals surface area contributed by atoms with E-state index in [4.69, 9.17) is 14.2 Å². The van der Waals surface area contributed by atoms with Crippen molar-refractivity contribution in [2.24, 2.45) is 11.8 Å². The molecule has 0 aliphatic carbocycles. The van der Waals surface area contributed by atoms with Crippen LogP contribution in [0.25, 0.3) is 0 Å². The predicted octanol–water partition coefficient (Wildman–Crippen LogP) is 3.54. The zero-order valence-electron chi connectivity index (χ0n) is 13.5. The number of esters is 1. The number of carbonyl (C=O) groups is 1. The molecule has 4 nitrogen and oxygen atoms in total. The summed E-state index contributed by atoms with van der Waals surface area (Å²) < 4.78 is 16.8. The van der Waals surface area contributed by atoms with Crippen molar-refractivity contribution in [1.29, 1.82) is 0 Å². The molecule has 0 aromatic heterocycles. The molecule has 0 saturated heterocycles. The topological polar surface area (TPSA) is 44.8 Å². The van der Waals surface area contributed by atoms with Gasteiger partial charge in [0.15, 0.2) is 0 Å². The summed E-state index contributed by atoms with van der Waals surface area (Å²) in [7, 11) is 0. The minimum Gasteiger partial charge on any atom is -0.443 e. The van der Waals surface area contributed by atoms with E-state index in [2.05, 4.69) is 6.08 Å². The van der Waals surface area contributed by atoms with Crippen molar-refractivity contribution in [1.82, 2.24) is 0 Å². The Morgan fingerprint density at radius 2 is 1.78 bits per heavy atom. The molecule has 0 radical (unpaired) electrons. The Hall–Kier alpha value is -1.71. The molecular weight excluding hydrogens is 344 g/mol. The first-order chi connectivity index (χ1) is 10.4. The van der Waals surface area contributed by atoms with E-state index in [9.17, 15) is 4.79 Å². The Kier molecular flexibility index (Phi) is 4.92. The molecule has 0 saturated carbocycles. The minimum absolute atomic E-state index is 0. The van der Waals surface area contributed by atoms with Gasteiger partial charge in [0.1, 0.15) is 5.57 Å². The van der Waals surface area contributed by atoms with Gasteiger partial charge in [-0.3, -0.25) is 0 Å². The molecule has 2 aliphatic heterocycles. The first kappa shape index (κ1) is 17.6. The number of benzene rings is 1. The van der Waals surface area contributed by atoms with E-state index in [1.807, 2.05) is 44.2 Å². The number of hydrogen-bond donors (Lipinski definition) is 0. The van der Waals surface area contributed by atoms with Gasteiger partial charge in [0.2, 0.25) is 0 Å². The summed E-state index contributed by atoms with van der Waals surface area (Å²) in [6.45, 7) is 7.43. The second-order valence-electron chi connectivity index (χ2n) is 6.27. The van der Waals surface area contributed by atoms with E-state index in [1.165, 1.54) is 0 Å². The average Bonchev–Trinajstić information content (AvgIpc) is 2.76. The molecule has 1 aromatic carbocycles. The Bertz CT molecular complexity index is 659. The molecule has 2 heterocycles. The van der Waals surface area contributed by atoms with Gasteiger partial charge in [0.05, 0.1) is 5.76 Å². The zero-order chi connectivity index (χ0) is 15.9. The Morgan fingerprint density at radius 3 is 2.39 bits per heavy atom. The Morgan fingerprint density at radius 1 is 1.13 bits per heavy atom. The molecule has 1 unspecified atom stereocenters. The summed E-state index contributed by atoms with van der Waals surface area (Å²) in [6, 6.07) is 9.69. The van der Waals surface area contributed by atoms with Crippen molar-refractivity contribution in [3.63, 3.8) is 0 Å². The van der Waals surface area contributed by atoms with E-state index >= 15 is 0 Å². The van der Waals surface area contributed by atoms with Crippen LogP contribution in [-0.2, 0) is 36.1 Å². The molecule has 126 valence electrons. The maximum Gasteiger partial charge on any atom is 1.00 e. The third-order valence-electron chi connectivity index (χ3n) is 3.62. The Labute approximate surface area is 147 Å². The third kappa shape index (κ3) is 3.46. The van der Waals surface area contributed by atoms with Crippen LogP contribution in [0.4, 0.5) is 0 Å². The van der Waals surface area contributed by atoms with Gasteiger partial charge in [-0.2, -0.15) is 17.7 Å². The van der Waals surface area contributed by atoms with Crippen LogP contribution in [0.2, 0.25) is 0 Å². The molecule has 1 atom stereocenters. The van der Waals surface area contributed by atoms with Crippen LogP contribution < -0.4 is 0 Å². The van der Waals surface area contributed by atoms with Crippen molar-refractivity contribution >= 4 is 5.97 Å². The van der Waals surface area contributed by atoms with Crippen molar-refractivity contribution in [3.8, 4) is 0 Å². The molecule has 0 spiro atoms. The van der Waals surface area contributed by atoms with E-state index in [0.717, 1.165) is 5.56 Å². The Balaban J connectivity index is 0.00000192. The first-order valence-corrected chi connectivity index (χ1v) is 7.40. The van der Waals surface area contributed by atoms with Crippen molar-refractivity contribution < 1.29 is 36.1 Å². The summed E-state index contributed by atoms with van der Waals surface area (Å²) in [6.07, 6.45) is 3.24. The number of carbonyl (C=O) groups excluding carboxylic acids is 1. The van der Waals surface area contributed by atoms with Gasteiger partial charge >= 0.3 is 23.0 Å². The van der Waals surface area contributed by atoms with Gasteiger partial charge in [-0.25, -0.2) is 4.79 Å². The zero-order valence-corrected chi connectivity index (χ0v) is 14.4. The quantitative estimate of drug-likeness (QED) is 0.458. The number of allylic oxidation sites excluding steroid dienone is 1. The summed E-state index contributed by atoms with van der Waals surface area (Å²) >= 11 is 0. The minimum atomic E-state index is -1.01. The fourth-order valence-corrected chi connectivity index (χ4v) is 2.69. The van der Waals surface area contributed by atoms with Crippen LogP contribution in [-0.4, -0.2) is 11.8 Å². The monoisotopic (exact) mass is 362 g/mol. The van der Waals surface area contributed by atoms with Crippen LogP contribution in [0, 0.1) is 17.9 Å². The molecule has 0 bridgehead atoms. The normalized spacial score (nSPS) is 23.8. The summed E-state index contributed by atoms with van der Waals surface area (Å²) in [4.78, 5) is 12.3. The molecule has 0 fully saturated rings. The molecular formula is C18H19CuO4. The maximum atomic E-state index is 12.3. The molecule has 5 heteroatoms. The first-order valence-electron chi connectivity index (χ1n) is 7.40. The van der Waals surface area contributed by atoms with Crippen molar-refractivity contribution in [3.05, 3.63) is 59.2 Å². The van der Waals surface area contributed by atoms with Gasteiger partial charge in [-0.1, -0.05) is 19.9 Å². The van der Waals surface area contributed by atoms with Gasteiger partial charge in [0.25, 0.3) is 11.7 Å². The van der Waals surface area contributed by atoms with Crippen LogP contribution in [0.1, 0.15) is 33.3 Å². The van der Waals surface area contributed by atoms with E-state index in [-0.39, 0.29) is 40.8 Å². The average molecular weight is 363 g/mol. The largest absolute Gasteiger partial charge is 1.00 e. The predicted molar refractivity (Wildman–Crippen MR) is 80.0 cm³/mol. The van der Waals surface area contributed by atoms with Gasteiger partial charge in [0, 0.05) is 19.8 Å². The molecule has 23 heavy (non-hydrogen) atoms. The third-order valence-corrected chi connectivity index (χ3v) is 3.62. The second-order valence-corrected chi connectivity index (χ2v) is 6.27. The van der Waals surface area contributed by atoms with Crippen molar-refractivity contribution in [2.75, 3.05) is 0 Å². The molecule has 3 rings (SSSR count). The number of hydrogen-bond acceptors (Lipinski definition) is 4. The van der Waals surface area contributed by atoms with Gasteiger partial charge in [-0.15, -0.1) is 18.2 Å². The van der Waals surface area contributed by atoms with Crippen LogP contribution in [0.3, 0.4) is 0 Å². The molecule has 0 N–H and O–H groups in total. The van der Waals surface area contributed by atoms with E-state index < -0.39 is 5.79 Å². The smallest absolute Gasteiger partial charge is 0.443 e. The van der Waals surface area contributed by atoms with Crippen LogP contribution in [0.15, 0.2) is 47.6 Å². The van der Waals surface area contributed by atoms with Gasteiger partial charge < -0.3 is 14.2 Å². The molecule has 0 amide bonds. The molecule has 1 aromatic rings. The SMILES string of the molecule is CC(C)C1C(=[C-]c2ccccc2)OC2=C1C(=O)OC(C)(C)O2.[Cu+]. The summed E-state index contributed by atoms with van der Waals surface area (Å²) in [5.74, 6) is -0.594. The van der Waals surface area contributed by atoms with Crippen molar-refractivity contribution in [2.45, 2.75) is 33.5 Å². The van der Waals surface area contributed by atoms with Crippen LogP contribution >= 0.6 is 0 Å². The second kappa shape index (κ2) is 6.42. The number of rotatable bonds is 2. The number of ether oxygens (including phenoxy) is 3. The fraction of sp³-hybridized carbons (Fsp3) is 0.389. The van der Waals surface area contributed by atoms with Crippen LogP contribution in [0.5, 0.6) is 0 Å². The van der Waals surface area contributed by atoms with Gasteiger partial charge in [-0.05, 0) is 5.92 Å². The van der Waals surface area contributed by atoms with E-state index in [0.29, 0.717) is 11.3 Å². The molecule has 2 aliphatic rings. The van der Waals surface area contributed by atoms with E-state index in [1.54, 1.807) is 13.8 Å². The maximum absolute atomic E-state index is 12.3. The standard InChI is InChI=1S/C18H19O4.Cu/c1-11(2)14-13(10-12-8-6-5-7-9-12)20-17-15(14)16(19)21-18(3,4)22-17;/h5-9,11,14H,1-4H3;/q-1;+1.